The Hall–Kier alpha value is -0.680. The molecule has 20 heavy (non-hydrogen) atoms. The minimum Gasteiger partial charge on any atom is -0.393 e. The van der Waals surface area contributed by atoms with Gasteiger partial charge in [-0.25, -0.2) is 0 Å². The standard InChI is InChI=1S/C15H29N3OS/c1-12(19)17-11-13-5-9-18(10-6-13)8-4-7-15(2,3)14(16)20/h13H,4-11H2,1-3H3,(H2,16,20)(H,17,19). The van der Waals surface area contributed by atoms with Crippen molar-refractivity contribution in [2.75, 3.05) is 26.2 Å². The molecule has 5 heteroatoms. The van der Waals surface area contributed by atoms with Gasteiger partial charge >= 0.3 is 0 Å². The molecular formula is C15H29N3OS. The van der Waals surface area contributed by atoms with Crippen molar-refractivity contribution in [1.29, 1.82) is 0 Å². The van der Waals surface area contributed by atoms with E-state index in [2.05, 4.69) is 24.1 Å². The van der Waals surface area contributed by atoms with Gasteiger partial charge in [-0.05, 0) is 51.2 Å². The fourth-order valence-electron chi connectivity index (χ4n) is 2.57. The van der Waals surface area contributed by atoms with E-state index in [0.29, 0.717) is 10.9 Å². The van der Waals surface area contributed by atoms with E-state index in [4.69, 9.17) is 18.0 Å². The molecule has 3 N–H and O–H groups in total. The molecule has 0 unspecified atom stereocenters. The van der Waals surface area contributed by atoms with Gasteiger partial charge in [0.05, 0.1) is 4.99 Å². The SMILES string of the molecule is CC(=O)NCC1CCN(CCCC(C)(C)C(N)=S)CC1. The summed E-state index contributed by atoms with van der Waals surface area (Å²) in [6.07, 6.45) is 4.55. The van der Waals surface area contributed by atoms with E-state index in [1.807, 2.05) is 0 Å². The Kier molecular flexibility index (Phi) is 6.89. The number of thiocarbonyl (C=S) groups is 1. The van der Waals surface area contributed by atoms with Crippen LogP contribution in [0.3, 0.4) is 0 Å². The van der Waals surface area contributed by atoms with E-state index in [1.54, 1.807) is 6.92 Å². The number of likely N-dealkylation sites (tertiary alicyclic amines) is 1. The molecule has 1 amide bonds. The van der Waals surface area contributed by atoms with Crippen LogP contribution in [0.4, 0.5) is 0 Å². The van der Waals surface area contributed by atoms with Crippen molar-refractivity contribution < 1.29 is 4.79 Å². The zero-order valence-corrected chi connectivity index (χ0v) is 13.9. The number of nitrogens with zero attached hydrogens (tertiary/aromatic N) is 1. The number of nitrogens with two attached hydrogens (primary N) is 1. The summed E-state index contributed by atoms with van der Waals surface area (Å²) in [5.41, 5.74) is 5.72. The van der Waals surface area contributed by atoms with Crippen LogP contribution in [-0.4, -0.2) is 42.0 Å². The molecule has 4 nitrogen and oxygen atoms in total. The van der Waals surface area contributed by atoms with Gasteiger partial charge in [-0.15, -0.1) is 0 Å². The largest absolute Gasteiger partial charge is 0.393 e. The number of carbonyl (C=O) groups excluding carboxylic acids is 1. The lowest BCUT2D eigenvalue weighted by Gasteiger charge is -2.33. The Morgan fingerprint density at radius 2 is 2.00 bits per heavy atom. The monoisotopic (exact) mass is 299 g/mol. The first-order valence-electron chi connectivity index (χ1n) is 7.58. The van der Waals surface area contributed by atoms with Crippen molar-refractivity contribution in [3.05, 3.63) is 0 Å². The molecule has 116 valence electrons. The Labute approximate surface area is 128 Å². The van der Waals surface area contributed by atoms with Crippen molar-refractivity contribution in [3.8, 4) is 0 Å². The zero-order valence-electron chi connectivity index (χ0n) is 13.1. The third-order valence-corrected chi connectivity index (χ3v) is 4.84. The fourth-order valence-corrected chi connectivity index (χ4v) is 2.67. The first-order chi connectivity index (χ1) is 9.31. The van der Waals surface area contributed by atoms with Crippen LogP contribution in [0.25, 0.3) is 0 Å². The van der Waals surface area contributed by atoms with E-state index in [-0.39, 0.29) is 11.3 Å². The van der Waals surface area contributed by atoms with Crippen LogP contribution >= 0.6 is 12.2 Å². The van der Waals surface area contributed by atoms with E-state index >= 15 is 0 Å². The molecule has 0 aromatic rings. The summed E-state index contributed by atoms with van der Waals surface area (Å²) in [5, 5.41) is 2.92. The molecule has 0 aliphatic carbocycles. The normalized spacial score (nSPS) is 17.9. The van der Waals surface area contributed by atoms with E-state index < -0.39 is 0 Å². The van der Waals surface area contributed by atoms with E-state index in [0.717, 1.165) is 39.0 Å². The maximum atomic E-state index is 10.9. The maximum Gasteiger partial charge on any atom is 0.216 e. The lowest BCUT2D eigenvalue weighted by molar-refractivity contribution is -0.119. The summed E-state index contributed by atoms with van der Waals surface area (Å²) in [6.45, 7) is 10.1. The van der Waals surface area contributed by atoms with Gasteiger partial charge in [0.1, 0.15) is 0 Å². The lowest BCUT2D eigenvalue weighted by Crippen LogP contribution is -2.39. The molecule has 1 heterocycles. The second-order valence-corrected chi connectivity index (χ2v) is 7.01. The second-order valence-electron chi connectivity index (χ2n) is 6.57. The second kappa shape index (κ2) is 7.93. The van der Waals surface area contributed by atoms with Crippen LogP contribution in [0.5, 0.6) is 0 Å². The predicted octanol–water partition coefficient (Wildman–Crippen LogP) is 1.93. The molecule has 0 radical (unpaired) electrons. The van der Waals surface area contributed by atoms with Crippen LogP contribution in [0.2, 0.25) is 0 Å². The minimum atomic E-state index is -0.0287. The Morgan fingerprint density at radius 1 is 1.40 bits per heavy atom. The van der Waals surface area contributed by atoms with Crippen molar-refractivity contribution in [3.63, 3.8) is 0 Å². The first kappa shape index (κ1) is 17.4. The van der Waals surface area contributed by atoms with Crippen molar-refractivity contribution in [2.45, 2.75) is 46.5 Å². The molecule has 0 bridgehead atoms. The highest BCUT2D eigenvalue weighted by atomic mass is 32.1. The quantitative estimate of drug-likeness (QED) is 0.705. The van der Waals surface area contributed by atoms with Crippen molar-refractivity contribution in [1.82, 2.24) is 10.2 Å². The molecule has 1 saturated heterocycles. The van der Waals surface area contributed by atoms with Crippen LogP contribution < -0.4 is 11.1 Å². The Morgan fingerprint density at radius 3 is 2.50 bits per heavy atom. The third kappa shape index (κ3) is 6.18. The summed E-state index contributed by atoms with van der Waals surface area (Å²) in [5.74, 6) is 0.718. The molecular weight excluding hydrogens is 270 g/mol. The number of hydrogen-bond donors (Lipinski definition) is 2. The number of hydrogen-bond acceptors (Lipinski definition) is 3. The van der Waals surface area contributed by atoms with Gasteiger partial charge in [-0.2, -0.15) is 0 Å². The van der Waals surface area contributed by atoms with Gasteiger partial charge in [0.15, 0.2) is 0 Å². The highest BCUT2D eigenvalue weighted by Crippen LogP contribution is 2.23. The molecule has 0 saturated carbocycles. The number of carbonyl (C=O) groups is 1. The summed E-state index contributed by atoms with van der Waals surface area (Å²) in [6, 6.07) is 0. The molecule has 1 fully saturated rings. The zero-order chi connectivity index (χ0) is 15.2. The average Bonchev–Trinajstić information content (AvgIpc) is 2.37. The number of piperidine rings is 1. The molecule has 1 rings (SSSR count). The lowest BCUT2D eigenvalue weighted by atomic mass is 9.87. The van der Waals surface area contributed by atoms with Crippen molar-refractivity contribution in [2.24, 2.45) is 17.1 Å². The predicted molar refractivity (Wildman–Crippen MR) is 87.6 cm³/mol. The average molecular weight is 299 g/mol. The van der Waals surface area contributed by atoms with E-state index in [9.17, 15) is 4.79 Å². The van der Waals surface area contributed by atoms with E-state index in [1.165, 1.54) is 12.8 Å². The molecule has 0 spiro atoms. The third-order valence-electron chi connectivity index (χ3n) is 4.29. The van der Waals surface area contributed by atoms with Crippen LogP contribution in [-0.2, 0) is 4.79 Å². The highest BCUT2D eigenvalue weighted by Gasteiger charge is 2.23. The molecule has 0 atom stereocenters. The summed E-state index contributed by atoms with van der Waals surface area (Å²) in [7, 11) is 0. The van der Waals surface area contributed by atoms with Crippen molar-refractivity contribution >= 4 is 23.1 Å². The topological polar surface area (TPSA) is 58.4 Å². The van der Waals surface area contributed by atoms with Gasteiger partial charge in [0, 0.05) is 18.9 Å². The smallest absolute Gasteiger partial charge is 0.216 e. The minimum absolute atomic E-state index is 0.0287. The summed E-state index contributed by atoms with van der Waals surface area (Å²) < 4.78 is 0. The maximum absolute atomic E-state index is 10.9. The van der Waals surface area contributed by atoms with Crippen LogP contribution in [0.15, 0.2) is 0 Å². The van der Waals surface area contributed by atoms with Crippen LogP contribution in [0, 0.1) is 11.3 Å². The summed E-state index contributed by atoms with van der Waals surface area (Å²) in [4.78, 5) is 14.0. The number of amides is 1. The number of nitrogens with one attached hydrogen (secondary N) is 1. The summed E-state index contributed by atoms with van der Waals surface area (Å²) >= 11 is 5.10. The van der Waals surface area contributed by atoms with Gasteiger partial charge in [0.2, 0.25) is 5.91 Å². The van der Waals surface area contributed by atoms with Gasteiger partial charge < -0.3 is 16.0 Å². The Balaban J connectivity index is 2.16. The van der Waals surface area contributed by atoms with Crippen LogP contribution in [0.1, 0.15) is 46.5 Å². The fraction of sp³-hybridized carbons (Fsp3) is 0.867. The first-order valence-corrected chi connectivity index (χ1v) is 7.99. The van der Waals surface area contributed by atoms with Gasteiger partial charge in [-0.1, -0.05) is 26.1 Å². The molecule has 0 aromatic heterocycles. The highest BCUT2D eigenvalue weighted by molar-refractivity contribution is 7.80. The van der Waals surface area contributed by atoms with Gasteiger partial charge in [-0.3, -0.25) is 4.79 Å². The molecule has 1 aliphatic heterocycles. The number of rotatable bonds is 7. The molecule has 0 aromatic carbocycles. The Bertz CT molecular complexity index is 336. The molecule has 1 aliphatic rings. The van der Waals surface area contributed by atoms with Gasteiger partial charge in [0.25, 0.3) is 0 Å².